The summed E-state index contributed by atoms with van der Waals surface area (Å²) in [4.78, 5) is 22.0. The normalized spacial score (nSPS) is 14.4. The number of amides is 1. The van der Waals surface area contributed by atoms with Crippen LogP contribution in [-0.4, -0.2) is 71.3 Å². The van der Waals surface area contributed by atoms with Crippen molar-refractivity contribution < 1.29 is 19.0 Å². The fraction of sp³-hybridized carbons (Fsp3) is 0.448. The number of carbonyl (C=O) groups is 1. The molecule has 12 heteroatoms. The Morgan fingerprint density at radius 2 is 1.88 bits per heavy atom. The zero-order valence-electron chi connectivity index (χ0n) is 24.4. The number of carbonyl (C=O) groups excluding carboxylic acids is 1. The molecular weight excluding hydrogens is 538 g/mol. The number of nitrogens with one attached hydrogen (secondary N) is 2. The lowest BCUT2D eigenvalue weighted by Crippen LogP contribution is -2.26. The molecule has 0 saturated carbocycles. The Bertz CT molecular complexity index is 1490. The SMILES string of the molecule is CNC(=O)c1ccc(-c2cn(COCC[Si](C)(C)C)c3nc(Nc4ccnn4C)nc(OC4CCOCC4)c23)cc1. The molecule has 2 N–H and O–H groups in total. The van der Waals surface area contributed by atoms with Crippen molar-refractivity contribution in [3.05, 3.63) is 48.3 Å². The molecule has 0 bridgehead atoms. The second-order valence-corrected chi connectivity index (χ2v) is 17.1. The maximum atomic E-state index is 12.2. The predicted octanol–water partition coefficient (Wildman–Crippen LogP) is 4.81. The molecule has 1 fully saturated rings. The largest absolute Gasteiger partial charge is 0.474 e. The van der Waals surface area contributed by atoms with Crippen LogP contribution in [0.15, 0.2) is 42.7 Å². The summed E-state index contributed by atoms with van der Waals surface area (Å²) in [6.07, 6.45) is 5.30. The minimum atomic E-state index is -1.24. The summed E-state index contributed by atoms with van der Waals surface area (Å²) < 4.78 is 22.0. The maximum Gasteiger partial charge on any atom is 0.251 e. The first-order valence-electron chi connectivity index (χ1n) is 14.0. The number of ether oxygens (including phenoxy) is 3. The van der Waals surface area contributed by atoms with Crippen LogP contribution in [0.2, 0.25) is 25.7 Å². The third kappa shape index (κ3) is 6.95. The molecule has 1 aliphatic heterocycles. The van der Waals surface area contributed by atoms with Crippen molar-refractivity contribution in [2.24, 2.45) is 7.05 Å². The van der Waals surface area contributed by atoms with Crippen LogP contribution in [-0.2, 0) is 23.3 Å². The van der Waals surface area contributed by atoms with Gasteiger partial charge in [0.1, 0.15) is 18.7 Å². The van der Waals surface area contributed by atoms with Crippen LogP contribution in [0.5, 0.6) is 5.88 Å². The van der Waals surface area contributed by atoms with Gasteiger partial charge in [-0.3, -0.25) is 9.48 Å². The molecule has 5 rings (SSSR count). The molecule has 3 aromatic heterocycles. The standard InChI is InChI=1S/C29H39N7O4Si/c1-30-27(37)21-8-6-20(7-9-21)23-18-36(19-39-16-17-41(3,4)5)26-25(23)28(40-22-11-14-38-15-12-22)34-29(33-26)32-24-10-13-31-35(24)2/h6-10,13,18,22H,11-12,14-17,19H2,1-5H3,(H,30,37)(H,32,33,34). The van der Waals surface area contributed by atoms with E-state index in [1.807, 2.05) is 48.1 Å². The van der Waals surface area contributed by atoms with E-state index in [2.05, 4.69) is 35.4 Å². The summed E-state index contributed by atoms with van der Waals surface area (Å²) in [5, 5.41) is 11.0. The Morgan fingerprint density at radius 3 is 2.54 bits per heavy atom. The number of anilines is 2. The molecule has 218 valence electrons. The van der Waals surface area contributed by atoms with Crippen LogP contribution in [0.3, 0.4) is 0 Å². The fourth-order valence-electron chi connectivity index (χ4n) is 4.66. The van der Waals surface area contributed by atoms with Crippen molar-refractivity contribution in [1.29, 1.82) is 0 Å². The van der Waals surface area contributed by atoms with Crippen LogP contribution in [0.1, 0.15) is 23.2 Å². The average molecular weight is 578 g/mol. The summed E-state index contributed by atoms with van der Waals surface area (Å²) in [5.41, 5.74) is 3.13. The molecule has 1 amide bonds. The lowest BCUT2D eigenvalue weighted by Gasteiger charge is -2.23. The van der Waals surface area contributed by atoms with E-state index >= 15 is 0 Å². The molecule has 0 spiro atoms. The smallest absolute Gasteiger partial charge is 0.251 e. The van der Waals surface area contributed by atoms with Gasteiger partial charge in [-0.15, -0.1) is 0 Å². The van der Waals surface area contributed by atoms with Crippen molar-refractivity contribution in [2.45, 2.75) is 51.4 Å². The molecule has 1 aromatic carbocycles. The Labute approximate surface area is 241 Å². The van der Waals surface area contributed by atoms with Gasteiger partial charge in [-0.25, -0.2) is 0 Å². The van der Waals surface area contributed by atoms with Gasteiger partial charge in [-0.05, 0) is 23.7 Å². The highest BCUT2D eigenvalue weighted by molar-refractivity contribution is 6.76. The molecule has 4 heterocycles. The molecule has 0 unspecified atom stereocenters. The van der Waals surface area contributed by atoms with Crippen molar-refractivity contribution in [3.8, 4) is 17.0 Å². The van der Waals surface area contributed by atoms with Gasteiger partial charge < -0.3 is 29.4 Å². The molecule has 0 radical (unpaired) electrons. The highest BCUT2D eigenvalue weighted by Gasteiger charge is 2.24. The second kappa shape index (κ2) is 12.4. The van der Waals surface area contributed by atoms with Crippen molar-refractivity contribution in [3.63, 3.8) is 0 Å². The number of aromatic nitrogens is 5. The van der Waals surface area contributed by atoms with Crippen molar-refractivity contribution in [1.82, 2.24) is 29.6 Å². The third-order valence-corrected chi connectivity index (χ3v) is 8.81. The number of nitrogens with zero attached hydrogens (tertiary/aromatic N) is 5. The van der Waals surface area contributed by atoms with E-state index in [0.29, 0.717) is 49.6 Å². The molecule has 41 heavy (non-hydrogen) atoms. The quantitative estimate of drug-likeness (QED) is 0.193. The third-order valence-electron chi connectivity index (χ3n) is 7.10. The zero-order chi connectivity index (χ0) is 29.0. The fourth-order valence-corrected chi connectivity index (χ4v) is 5.42. The predicted molar refractivity (Wildman–Crippen MR) is 161 cm³/mol. The summed E-state index contributed by atoms with van der Waals surface area (Å²) in [7, 11) is 2.24. The van der Waals surface area contributed by atoms with Crippen LogP contribution < -0.4 is 15.4 Å². The first-order chi connectivity index (χ1) is 19.7. The minimum Gasteiger partial charge on any atom is -0.474 e. The van der Waals surface area contributed by atoms with E-state index in [0.717, 1.165) is 41.2 Å². The number of hydrogen-bond acceptors (Lipinski definition) is 8. The minimum absolute atomic E-state index is 0.0220. The van der Waals surface area contributed by atoms with Crippen LogP contribution in [0, 0.1) is 0 Å². The van der Waals surface area contributed by atoms with Gasteiger partial charge in [0.2, 0.25) is 11.8 Å². The van der Waals surface area contributed by atoms with E-state index in [4.69, 9.17) is 24.2 Å². The first-order valence-corrected chi connectivity index (χ1v) is 17.7. The van der Waals surface area contributed by atoms with E-state index in [9.17, 15) is 4.79 Å². The van der Waals surface area contributed by atoms with Crippen molar-refractivity contribution in [2.75, 3.05) is 32.2 Å². The molecule has 1 saturated heterocycles. The summed E-state index contributed by atoms with van der Waals surface area (Å²) in [6, 6.07) is 10.5. The van der Waals surface area contributed by atoms with Gasteiger partial charge >= 0.3 is 0 Å². The van der Waals surface area contributed by atoms with Gasteiger partial charge in [0.25, 0.3) is 5.91 Å². The number of rotatable bonds is 11. The summed E-state index contributed by atoms with van der Waals surface area (Å²) in [6.45, 7) is 9.35. The Hall–Kier alpha value is -3.74. The van der Waals surface area contributed by atoms with Gasteiger partial charge in [-0.1, -0.05) is 31.8 Å². The molecule has 0 aliphatic carbocycles. The van der Waals surface area contributed by atoms with Gasteiger partial charge in [0, 0.05) is 65.0 Å². The summed E-state index contributed by atoms with van der Waals surface area (Å²) in [5.74, 6) is 1.53. The number of fused-ring (bicyclic) bond motifs is 1. The van der Waals surface area contributed by atoms with E-state index in [1.165, 1.54) is 0 Å². The van der Waals surface area contributed by atoms with Crippen molar-refractivity contribution >= 4 is 36.8 Å². The first kappa shape index (κ1) is 28.8. The van der Waals surface area contributed by atoms with Crippen LogP contribution in [0.4, 0.5) is 11.8 Å². The van der Waals surface area contributed by atoms with E-state index in [1.54, 1.807) is 17.9 Å². The molecule has 4 aromatic rings. The molecule has 1 aliphatic rings. The molecular formula is C29H39N7O4Si. The van der Waals surface area contributed by atoms with E-state index < -0.39 is 8.07 Å². The van der Waals surface area contributed by atoms with Crippen LogP contribution in [0.25, 0.3) is 22.2 Å². The number of aryl methyl sites for hydroxylation is 1. The van der Waals surface area contributed by atoms with E-state index in [-0.39, 0.29) is 12.0 Å². The number of hydrogen-bond donors (Lipinski definition) is 2. The van der Waals surface area contributed by atoms with Gasteiger partial charge in [0.05, 0.1) is 24.8 Å². The lowest BCUT2D eigenvalue weighted by atomic mass is 10.0. The van der Waals surface area contributed by atoms with Crippen LogP contribution >= 0.6 is 0 Å². The Balaban J connectivity index is 1.60. The monoisotopic (exact) mass is 577 g/mol. The topological polar surface area (TPSA) is 117 Å². The van der Waals surface area contributed by atoms with Gasteiger partial charge in [-0.2, -0.15) is 15.1 Å². The van der Waals surface area contributed by atoms with Gasteiger partial charge in [0.15, 0.2) is 5.65 Å². The lowest BCUT2D eigenvalue weighted by molar-refractivity contribution is 0.0244. The maximum absolute atomic E-state index is 12.2. The Morgan fingerprint density at radius 1 is 1.12 bits per heavy atom. The zero-order valence-corrected chi connectivity index (χ0v) is 25.4. The summed E-state index contributed by atoms with van der Waals surface area (Å²) >= 11 is 0. The molecule has 0 atom stereocenters. The average Bonchev–Trinajstić information content (AvgIpc) is 3.54. The second-order valence-electron chi connectivity index (χ2n) is 11.5. The Kier molecular flexibility index (Phi) is 8.71. The number of benzene rings is 1. The highest BCUT2D eigenvalue weighted by Crippen LogP contribution is 2.37. The highest BCUT2D eigenvalue weighted by atomic mass is 28.3. The molecule has 11 nitrogen and oxygen atoms in total.